The van der Waals surface area contributed by atoms with E-state index in [1.54, 1.807) is 36.7 Å². The lowest BCUT2D eigenvalue weighted by molar-refractivity contribution is -0.135. The van der Waals surface area contributed by atoms with E-state index in [0.29, 0.717) is 31.3 Å². The van der Waals surface area contributed by atoms with Gasteiger partial charge in [-0.05, 0) is 41.5 Å². The van der Waals surface area contributed by atoms with Crippen molar-refractivity contribution in [2.45, 2.75) is 13.1 Å². The molecule has 4 rings (SSSR count). The van der Waals surface area contributed by atoms with Gasteiger partial charge in [-0.25, -0.2) is 4.39 Å². The van der Waals surface area contributed by atoms with E-state index in [2.05, 4.69) is 20.1 Å². The van der Waals surface area contributed by atoms with E-state index in [0.717, 1.165) is 25.2 Å². The van der Waals surface area contributed by atoms with Gasteiger partial charge in [0.25, 0.3) is 5.91 Å². The summed E-state index contributed by atoms with van der Waals surface area (Å²) in [5.41, 5.74) is 2.19. The highest BCUT2D eigenvalue weighted by atomic mass is 19.1. The number of pyridine rings is 1. The maximum absolute atomic E-state index is 13.1. The largest absolute Gasteiger partial charge is 0.466 e. The van der Waals surface area contributed by atoms with Crippen molar-refractivity contribution in [2.24, 2.45) is 0 Å². The second-order valence-corrected chi connectivity index (χ2v) is 8.01. The number of hydrogen-bond donors (Lipinski definition) is 0. The number of carbonyl (C=O) groups is 1. The van der Waals surface area contributed by atoms with Crippen molar-refractivity contribution in [2.75, 3.05) is 44.7 Å². The topological polar surface area (TPSA) is 74.7 Å². The molecule has 0 bridgehead atoms. The van der Waals surface area contributed by atoms with Crippen molar-refractivity contribution < 1.29 is 13.9 Å². The summed E-state index contributed by atoms with van der Waals surface area (Å²) in [4.78, 5) is 22.6. The van der Waals surface area contributed by atoms with Gasteiger partial charge >= 0.3 is 0 Å². The van der Waals surface area contributed by atoms with Crippen molar-refractivity contribution in [1.29, 1.82) is 0 Å². The maximum atomic E-state index is 13.1. The van der Waals surface area contributed by atoms with Crippen molar-refractivity contribution in [3.8, 4) is 5.88 Å². The Morgan fingerprint density at radius 1 is 0.970 bits per heavy atom. The Bertz CT molecular complexity index is 1030. The molecule has 1 saturated heterocycles. The van der Waals surface area contributed by atoms with Gasteiger partial charge in [-0.3, -0.25) is 14.7 Å². The molecule has 0 spiro atoms. The standard InChI is InChI=1S/C24H27FN6O2/c1-29(16-19-2-4-21(25)5-3-19)22-6-7-23(28-27-22)33-18-24(32)31-14-12-30(13-15-31)17-20-8-10-26-11-9-20/h2-11H,12-18H2,1H3. The monoisotopic (exact) mass is 450 g/mol. The second kappa shape index (κ2) is 10.8. The summed E-state index contributed by atoms with van der Waals surface area (Å²) >= 11 is 0. The van der Waals surface area contributed by atoms with Crippen molar-refractivity contribution in [1.82, 2.24) is 25.0 Å². The van der Waals surface area contributed by atoms with Crippen LogP contribution in [0.3, 0.4) is 0 Å². The van der Waals surface area contributed by atoms with E-state index in [1.807, 2.05) is 29.0 Å². The Morgan fingerprint density at radius 3 is 2.36 bits per heavy atom. The number of aromatic nitrogens is 3. The first kappa shape index (κ1) is 22.6. The van der Waals surface area contributed by atoms with Crippen LogP contribution in [0.1, 0.15) is 11.1 Å². The number of carbonyl (C=O) groups excluding carboxylic acids is 1. The van der Waals surface area contributed by atoms with E-state index in [-0.39, 0.29) is 18.3 Å². The van der Waals surface area contributed by atoms with Crippen LogP contribution >= 0.6 is 0 Å². The van der Waals surface area contributed by atoms with Crippen LogP contribution in [0, 0.1) is 5.82 Å². The van der Waals surface area contributed by atoms with Gasteiger partial charge in [0.1, 0.15) is 5.82 Å². The number of anilines is 1. The van der Waals surface area contributed by atoms with E-state index < -0.39 is 0 Å². The van der Waals surface area contributed by atoms with Crippen LogP contribution in [0.2, 0.25) is 0 Å². The summed E-state index contributed by atoms with van der Waals surface area (Å²) in [6.07, 6.45) is 3.59. The average Bonchev–Trinajstić information content (AvgIpc) is 2.85. The quantitative estimate of drug-likeness (QED) is 0.522. The predicted octanol–water partition coefficient (Wildman–Crippen LogP) is 2.37. The molecule has 1 aliphatic heterocycles. The molecule has 1 amide bonds. The summed E-state index contributed by atoms with van der Waals surface area (Å²) < 4.78 is 18.6. The van der Waals surface area contributed by atoms with E-state index >= 15 is 0 Å². The Kier molecular flexibility index (Phi) is 7.41. The molecule has 172 valence electrons. The minimum absolute atomic E-state index is 0.0575. The predicted molar refractivity (Wildman–Crippen MR) is 122 cm³/mol. The van der Waals surface area contributed by atoms with Crippen molar-refractivity contribution in [3.05, 3.63) is 77.9 Å². The lowest BCUT2D eigenvalue weighted by Gasteiger charge is -2.34. The first-order chi connectivity index (χ1) is 16.1. The number of nitrogens with zero attached hydrogens (tertiary/aromatic N) is 6. The average molecular weight is 451 g/mol. The van der Waals surface area contributed by atoms with Crippen LogP contribution < -0.4 is 9.64 Å². The minimum atomic E-state index is -0.260. The highest BCUT2D eigenvalue weighted by Gasteiger charge is 2.21. The molecule has 0 N–H and O–H groups in total. The number of ether oxygens (including phenoxy) is 1. The molecule has 0 aliphatic carbocycles. The molecular weight excluding hydrogens is 423 g/mol. The highest BCUT2D eigenvalue weighted by molar-refractivity contribution is 5.77. The molecule has 1 aromatic carbocycles. The number of halogens is 1. The molecule has 0 radical (unpaired) electrons. The van der Waals surface area contributed by atoms with Crippen LogP contribution in [-0.4, -0.2) is 70.7 Å². The fourth-order valence-electron chi connectivity index (χ4n) is 3.67. The number of hydrogen-bond acceptors (Lipinski definition) is 7. The van der Waals surface area contributed by atoms with Crippen LogP contribution in [0.25, 0.3) is 0 Å². The van der Waals surface area contributed by atoms with Gasteiger partial charge in [0.05, 0.1) is 0 Å². The maximum Gasteiger partial charge on any atom is 0.260 e. The molecule has 33 heavy (non-hydrogen) atoms. The summed E-state index contributed by atoms with van der Waals surface area (Å²) in [7, 11) is 1.88. The number of rotatable bonds is 8. The zero-order valence-corrected chi connectivity index (χ0v) is 18.6. The molecule has 8 nitrogen and oxygen atoms in total. The SMILES string of the molecule is CN(Cc1ccc(F)cc1)c1ccc(OCC(=O)N2CCN(Cc3ccncc3)CC2)nn1. The third-order valence-corrected chi connectivity index (χ3v) is 5.57. The minimum Gasteiger partial charge on any atom is -0.466 e. The first-order valence-corrected chi connectivity index (χ1v) is 10.9. The number of benzene rings is 1. The summed E-state index contributed by atoms with van der Waals surface area (Å²) in [5, 5.41) is 8.25. The van der Waals surface area contributed by atoms with Crippen LogP contribution in [0.4, 0.5) is 10.2 Å². The zero-order valence-electron chi connectivity index (χ0n) is 18.6. The van der Waals surface area contributed by atoms with Crippen molar-refractivity contribution >= 4 is 11.7 Å². The fourth-order valence-corrected chi connectivity index (χ4v) is 3.67. The Balaban J connectivity index is 1.20. The van der Waals surface area contributed by atoms with E-state index in [9.17, 15) is 9.18 Å². The van der Waals surface area contributed by atoms with Gasteiger partial charge in [0.15, 0.2) is 12.4 Å². The van der Waals surface area contributed by atoms with Gasteiger partial charge in [0, 0.05) is 64.8 Å². The smallest absolute Gasteiger partial charge is 0.260 e. The molecule has 3 aromatic rings. The summed E-state index contributed by atoms with van der Waals surface area (Å²) in [6.45, 7) is 4.35. The normalized spacial score (nSPS) is 14.2. The van der Waals surface area contributed by atoms with Crippen LogP contribution in [0.15, 0.2) is 60.9 Å². The van der Waals surface area contributed by atoms with Gasteiger partial charge in [-0.15, -0.1) is 10.2 Å². The summed E-state index contributed by atoms with van der Waals surface area (Å²) in [5.74, 6) is 0.642. The molecule has 9 heteroatoms. The summed E-state index contributed by atoms with van der Waals surface area (Å²) in [6, 6.07) is 13.9. The van der Waals surface area contributed by atoms with Crippen LogP contribution in [-0.2, 0) is 17.9 Å². The zero-order chi connectivity index (χ0) is 23.0. The van der Waals surface area contributed by atoms with Crippen molar-refractivity contribution in [3.63, 3.8) is 0 Å². The van der Waals surface area contributed by atoms with Crippen LogP contribution in [0.5, 0.6) is 5.88 Å². The fraction of sp³-hybridized carbons (Fsp3) is 0.333. The third-order valence-electron chi connectivity index (χ3n) is 5.57. The molecule has 0 atom stereocenters. The van der Waals surface area contributed by atoms with Gasteiger partial charge in [0.2, 0.25) is 5.88 Å². The van der Waals surface area contributed by atoms with Gasteiger partial charge in [-0.2, -0.15) is 0 Å². The second-order valence-electron chi connectivity index (χ2n) is 8.01. The lowest BCUT2D eigenvalue weighted by Crippen LogP contribution is -2.49. The molecule has 3 heterocycles. The Hall–Kier alpha value is -3.59. The Morgan fingerprint density at radius 2 is 1.70 bits per heavy atom. The van der Waals surface area contributed by atoms with Gasteiger partial charge < -0.3 is 14.5 Å². The van der Waals surface area contributed by atoms with E-state index in [1.165, 1.54) is 17.7 Å². The molecule has 2 aromatic heterocycles. The molecule has 1 fully saturated rings. The highest BCUT2D eigenvalue weighted by Crippen LogP contribution is 2.15. The molecule has 0 unspecified atom stereocenters. The number of amides is 1. The van der Waals surface area contributed by atoms with Gasteiger partial charge in [-0.1, -0.05) is 12.1 Å². The first-order valence-electron chi connectivity index (χ1n) is 10.9. The molecule has 0 saturated carbocycles. The number of piperazine rings is 1. The molecule has 1 aliphatic rings. The lowest BCUT2D eigenvalue weighted by atomic mass is 10.2. The third kappa shape index (κ3) is 6.45. The Labute approximate surface area is 192 Å². The van der Waals surface area contributed by atoms with E-state index in [4.69, 9.17) is 4.74 Å². The molecular formula is C24H27FN6O2.